The van der Waals surface area contributed by atoms with Gasteiger partial charge in [-0.2, -0.15) is 0 Å². The van der Waals surface area contributed by atoms with Gasteiger partial charge in [-0.05, 0) is 121 Å². The average molecular weight is 471 g/mol. The molecule has 0 N–H and O–H groups in total. The van der Waals surface area contributed by atoms with Crippen LogP contribution in [0.1, 0.15) is 116 Å². The minimum absolute atomic E-state index is 0. The zero-order chi connectivity index (χ0) is 23.7. The van der Waals surface area contributed by atoms with E-state index in [4.69, 9.17) is 0 Å². The molecule has 3 heterocycles. The topological polar surface area (TPSA) is 13.0 Å². The van der Waals surface area contributed by atoms with E-state index in [-0.39, 0.29) is 14.9 Å². The number of hydrogen-bond acceptors (Lipinski definition) is 4. The lowest BCUT2D eigenvalue weighted by Crippen LogP contribution is -2.52. The zero-order valence-corrected chi connectivity index (χ0v) is 23.2. The molecule has 3 aliphatic rings. The Bertz CT molecular complexity index is 421. The van der Waals surface area contributed by atoms with Gasteiger partial charge >= 0.3 is 0 Å². The van der Waals surface area contributed by atoms with Crippen LogP contribution < -0.4 is 0 Å². The summed E-state index contributed by atoms with van der Waals surface area (Å²) in [6, 6.07) is 0. The van der Waals surface area contributed by atoms with Crippen LogP contribution in [0.25, 0.3) is 0 Å². The van der Waals surface area contributed by atoms with Gasteiger partial charge in [0.2, 0.25) is 0 Å². The first-order valence-electron chi connectivity index (χ1n) is 13.1. The number of rotatable bonds is 0. The van der Waals surface area contributed by atoms with Crippen molar-refractivity contribution < 1.29 is 0 Å². The summed E-state index contributed by atoms with van der Waals surface area (Å²) in [5, 5.41) is 0. The quantitative estimate of drug-likeness (QED) is 0.384. The summed E-state index contributed by atoms with van der Waals surface area (Å²) in [6.07, 6.45) is 8.47. The first-order valence-corrected chi connectivity index (χ1v) is 13.1. The first kappa shape index (κ1) is 35.0. The Labute approximate surface area is 211 Å². The fourth-order valence-corrected chi connectivity index (χ4v) is 4.61. The summed E-state index contributed by atoms with van der Waals surface area (Å²) >= 11 is 0. The van der Waals surface area contributed by atoms with Crippen LogP contribution in [-0.4, -0.2) is 95.6 Å². The molecule has 0 atom stereocenters. The van der Waals surface area contributed by atoms with Crippen molar-refractivity contribution in [3.8, 4) is 0 Å². The van der Waals surface area contributed by atoms with Crippen LogP contribution in [0.15, 0.2) is 0 Å². The van der Waals surface area contributed by atoms with Crippen molar-refractivity contribution in [2.45, 2.75) is 132 Å². The number of nitrogens with zero attached hydrogens (tertiary/aromatic N) is 4. The largest absolute Gasteiger partial charge is 0.304 e. The second kappa shape index (κ2) is 15.8. The lowest BCUT2D eigenvalue weighted by Gasteiger charge is -2.41. The molecule has 0 aliphatic carbocycles. The van der Waals surface area contributed by atoms with Crippen LogP contribution in [0, 0.1) is 0 Å². The lowest BCUT2D eigenvalue weighted by atomic mass is 10.0. The molecule has 3 fully saturated rings. The Hall–Kier alpha value is -0.160. The highest BCUT2D eigenvalue weighted by molar-refractivity contribution is 4.81. The highest BCUT2D eigenvalue weighted by Crippen LogP contribution is 2.20. The molecule has 0 aromatic rings. The van der Waals surface area contributed by atoms with Gasteiger partial charge in [-0.3, -0.25) is 14.7 Å². The zero-order valence-electron chi connectivity index (χ0n) is 23.2. The minimum Gasteiger partial charge on any atom is -0.304 e. The third-order valence-electron chi connectivity index (χ3n) is 7.06. The van der Waals surface area contributed by atoms with Gasteiger partial charge in [0, 0.05) is 42.8 Å². The van der Waals surface area contributed by atoms with Crippen molar-refractivity contribution in [2.75, 3.05) is 59.4 Å². The molecule has 0 aromatic carbocycles. The van der Waals surface area contributed by atoms with Gasteiger partial charge < -0.3 is 4.90 Å². The molecule has 0 radical (unpaired) electrons. The van der Waals surface area contributed by atoms with Crippen LogP contribution in [0.3, 0.4) is 0 Å². The molecule has 0 aromatic heterocycles. The van der Waals surface area contributed by atoms with Gasteiger partial charge in [0.05, 0.1) is 0 Å². The number of hydrogen-bond donors (Lipinski definition) is 0. The predicted molar refractivity (Wildman–Crippen MR) is 153 cm³/mol. The van der Waals surface area contributed by atoms with Gasteiger partial charge in [0.1, 0.15) is 0 Å². The van der Waals surface area contributed by atoms with Crippen LogP contribution >= 0.6 is 0 Å². The second-order valence-electron chi connectivity index (χ2n) is 12.9. The number of likely N-dealkylation sites (N-methyl/N-ethyl adjacent to an activating group) is 1. The van der Waals surface area contributed by atoms with E-state index in [2.05, 4.69) is 89.0 Å². The van der Waals surface area contributed by atoms with Crippen molar-refractivity contribution in [3.63, 3.8) is 0 Å². The van der Waals surface area contributed by atoms with E-state index in [1.807, 2.05) is 0 Å². The van der Waals surface area contributed by atoms with Crippen LogP contribution in [0.5, 0.6) is 0 Å². The van der Waals surface area contributed by atoms with Crippen LogP contribution in [-0.2, 0) is 0 Å². The van der Waals surface area contributed by atoms with Crippen molar-refractivity contribution in [1.82, 2.24) is 19.6 Å². The highest BCUT2D eigenvalue weighted by atomic mass is 15.3. The van der Waals surface area contributed by atoms with E-state index in [0.29, 0.717) is 16.6 Å². The summed E-state index contributed by atoms with van der Waals surface area (Å²) in [7, 11) is 2.19. The molecule has 0 saturated carbocycles. The lowest BCUT2D eigenvalue weighted by molar-refractivity contribution is 0.0735. The molecular weight excluding hydrogens is 404 g/mol. The van der Waals surface area contributed by atoms with Gasteiger partial charge in [0.25, 0.3) is 0 Å². The van der Waals surface area contributed by atoms with E-state index in [0.717, 1.165) is 0 Å². The minimum atomic E-state index is 0. The third-order valence-corrected chi connectivity index (χ3v) is 7.06. The molecule has 202 valence electrons. The van der Waals surface area contributed by atoms with E-state index >= 15 is 0 Å². The molecule has 3 saturated heterocycles. The summed E-state index contributed by atoms with van der Waals surface area (Å²) in [5.74, 6) is 0. The fraction of sp³-hybridized carbons (Fsp3) is 1.00. The highest BCUT2D eigenvalue weighted by Gasteiger charge is 2.24. The molecule has 0 amide bonds. The van der Waals surface area contributed by atoms with Crippen molar-refractivity contribution in [2.24, 2.45) is 0 Å². The van der Waals surface area contributed by atoms with E-state index in [1.54, 1.807) is 0 Å². The molecule has 0 bridgehead atoms. The Balaban J connectivity index is 0. The smallest absolute Gasteiger partial charge is 0.0126 e. The molecule has 33 heavy (non-hydrogen) atoms. The van der Waals surface area contributed by atoms with E-state index < -0.39 is 0 Å². The Morgan fingerprint density at radius 1 is 0.364 bits per heavy atom. The second-order valence-corrected chi connectivity index (χ2v) is 12.9. The van der Waals surface area contributed by atoms with Gasteiger partial charge in [-0.15, -0.1) is 0 Å². The molecule has 3 rings (SSSR count). The van der Waals surface area contributed by atoms with Gasteiger partial charge in [0.15, 0.2) is 0 Å². The standard InChI is InChI=1S/C9H20N2.2C9H19N.2CH4/c1-9(2,3)11-7-5-10(4)6-8-11;2*1-9(2,3)10-7-5-4-6-8-10;;/h5-8H2,1-4H3;2*4-8H2,1-3H3;2*1H4. The monoisotopic (exact) mass is 471 g/mol. The van der Waals surface area contributed by atoms with Crippen LogP contribution in [0.4, 0.5) is 0 Å². The van der Waals surface area contributed by atoms with Crippen molar-refractivity contribution >= 4 is 0 Å². The maximum atomic E-state index is 2.58. The normalized spacial score (nSPS) is 22.0. The Kier molecular flexibility index (Phi) is 16.7. The molecule has 0 spiro atoms. The van der Waals surface area contributed by atoms with E-state index in [1.165, 1.54) is 90.9 Å². The average Bonchev–Trinajstić information content (AvgIpc) is 2.69. The summed E-state index contributed by atoms with van der Waals surface area (Å²) in [6.45, 7) is 30.8. The third kappa shape index (κ3) is 14.8. The molecule has 3 aliphatic heterocycles. The number of piperazine rings is 1. The predicted octanol–water partition coefficient (Wildman–Crippen LogP) is 6.85. The SMILES string of the molecule is C.C.CC(C)(C)N1CCCCC1.CC(C)(C)N1CCCCC1.CN1CCN(C(C)(C)C)CC1. The molecule has 0 unspecified atom stereocenters. The maximum absolute atomic E-state index is 2.58. The summed E-state index contributed by atoms with van der Waals surface area (Å²) < 4.78 is 0. The Morgan fingerprint density at radius 2 is 0.606 bits per heavy atom. The fourth-order valence-electron chi connectivity index (χ4n) is 4.61. The van der Waals surface area contributed by atoms with Crippen LogP contribution in [0.2, 0.25) is 0 Å². The summed E-state index contributed by atoms with van der Waals surface area (Å²) in [5.41, 5.74) is 1.17. The van der Waals surface area contributed by atoms with Gasteiger partial charge in [-0.1, -0.05) is 27.7 Å². The number of piperidine rings is 2. The van der Waals surface area contributed by atoms with Crippen molar-refractivity contribution in [3.05, 3.63) is 0 Å². The maximum Gasteiger partial charge on any atom is 0.0126 e. The molecular formula is C29H66N4. The Morgan fingerprint density at radius 3 is 0.818 bits per heavy atom. The number of likely N-dealkylation sites (tertiary alicyclic amines) is 2. The van der Waals surface area contributed by atoms with Crippen molar-refractivity contribution in [1.29, 1.82) is 0 Å². The molecule has 4 heteroatoms. The van der Waals surface area contributed by atoms with E-state index in [9.17, 15) is 0 Å². The molecule has 4 nitrogen and oxygen atoms in total. The summed E-state index contributed by atoms with van der Waals surface area (Å²) in [4.78, 5) is 10.1. The van der Waals surface area contributed by atoms with Gasteiger partial charge in [-0.25, -0.2) is 0 Å². The first-order chi connectivity index (χ1) is 14.2.